The van der Waals surface area contributed by atoms with Crippen molar-refractivity contribution in [3.63, 3.8) is 0 Å². The van der Waals surface area contributed by atoms with Crippen LogP contribution in [-0.4, -0.2) is 42.5 Å². The minimum absolute atomic E-state index is 0.0415. The van der Waals surface area contributed by atoms with Gasteiger partial charge in [-0.25, -0.2) is 9.18 Å². The summed E-state index contributed by atoms with van der Waals surface area (Å²) in [5, 5.41) is 16.2. The first-order valence-corrected chi connectivity index (χ1v) is 8.66. The number of aliphatic hydroxyl groups is 1. The minimum Gasteiger partial charge on any atom is -0.388 e. The van der Waals surface area contributed by atoms with E-state index in [9.17, 15) is 14.3 Å². The maximum atomic E-state index is 13.1. The third kappa shape index (κ3) is 4.24. The summed E-state index contributed by atoms with van der Waals surface area (Å²) in [6, 6.07) is 6.30. The molecule has 1 saturated heterocycles. The highest BCUT2D eigenvalue weighted by Crippen LogP contribution is 2.34. The van der Waals surface area contributed by atoms with E-state index in [1.54, 1.807) is 12.1 Å². The average Bonchev–Trinajstić information content (AvgIpc) is 3.03. The van der Waals surface area contributed by atoms with Crippen molar-refractivity contribution >= 4 is 6.03 Å². The van der Waals surface area contributed by atoms with Gasteiger partial charge >= 0.3 is 6.03 Å². The lowest BCUT2D eigenvalue weighted by Gasteiger charge is -2.32. The zero-order valence-electron chi connectivity index (χ0n) is 13.8. The van der Waals surface area contributed by atoms with E-state index < -0.39 is 5.60 Å². The van der Waals surface area contributed by atoms with Gasteiger partial charge in [0.15, 0.2) is 0 Å². The van der Waals surface area contributed by atoms with Crippen molar-refractivity contribution in [3.8, 4) is 0 Å². The van der Waals surface area contributed by atoms with Crippen molar-refractivity contribution in [2.24, 2.45) is 0 Å². The molecule has 1 heterocycles. The molecule has 1 aliphatic carbocycles. The molecule has 3 rings (SSSR count). The van der Waals surface area contributed by atoms with Gasteiger partial charge in [0.2, 0.25) is 0 Å². The van der Waals surface area contributed by atoms with Crippen molar-refractivity contribution in [1.29, 1.82) is 0 Å². The van der Waals surface area contributed by atoms with Crippen LogP contribution in [0.3, 0.4) is 0 Å². The Morgan fingerprint density at radius 3 is 2.67 bits per heavy atom. The van der Waals surface area contributed by atoms with Crippen molar-refractivity contribution in [1.82, 2.24) is 10.6 Å². The maximum absolute atomic E-state index is 13.1. The summed E-state index contributed by atoms with van der Waals surface area (Å²) < 4.78 is 18.3. The highest BCUT2D eigenvalue weighted by molar-refractivity contribution is 5.74. The van der Waals surface area contributed by atoms with Crippen LogP contribution in [-0.2, 0) is 4.74 Å². The molecule has 1 aromatic rings. The van der Waals surface area contributed by atoms with Gasteiger partial charge in [-0.05, 0) is 30.5 Å². The Hall–Kier alpha value is -1.66. The maximum Gasteiger partial charge on any atom is 0.315 e. The Bertz CT molecular complexity index is 558. The second kappa shape index (κ2) is 7.49. The topological polar surface area (TPSA) is 70.6 Å². The summed E-state index contributed by atoms with van der Waals surface area (Å²) in [6.07, 6.45) is 4.00. The predicted molar refractivity (Wildman–Crippen MR) is 88.3 cm³/mol. The molecule has 3 N–H and O–H groups in total. The van der Waals surface area contributed by atoms with E-state index in [2.05, 4.69) is 10.6 Å². The van der Waals surface area contributed by atoms with Gasteiger partial charge in [-0.2, -0.15) is 0 Å². The van der Waals surface area contributed by atoms with E-state index in [0.717, 1.165) is 24.8 Å². The molecule has 2 aliphatic rings. The van der Waals surface area contributed by atoms with Gasteiger partial charge in [0.1, 0.15) is 5.82 Å². The molecule has 1 saturated carbocycles. The monoisotopic (exact) mass is 336 g/mol. The summed E-state index contributed by atoms with van der Waals surface area (Å²) in [5.74, 6) is -0.0359. The molecule has 0 aromatic heterocycles. The minimum atomic E-state index is -0.873. The Kier molecular flexibility index (Phi) is 5.36. The molecule has 2 fully saturated rings. The fraction of sp³-hybridized carbons (Fsp3) is 0.611. The lowest BCUT2D eigenvalue weighted by atomic mass is 9.94. The zero-order chi connectivity index (χ0) is 17.0. The molecule has 6 heteroatoms. The SMILES string of the molecule is O=C(NCC1(O)CCOCC1)NC1CCCC1c1ccc(F)cc1. The van der Waals surface area contributed by atoms with E-state index in [0.29, 0.717) is 26.1 Å². The van der Waals surface area contributed by atoms with E-state index in [-0.39, 0.29) is 30.4 Å². The molecular weight excluding hydrogens is 311 g/mol. The lowest BCUT2D eigenvalue weighted by Crippen LogP contribution is -2.51. The number of carbonyl (C=O) groups is 1. The number of urea groups is 1. The highest BCUT2D eigenvalue weighted by atomic mass is 19.1. The van der Waals surface area contributed by atoms with Crippen LogP contribution < -0.4 is 10.6 Å². The summed E-state index contributed by atoms with van der Waals surface area (Å²) in [7, 11) is 0. The summed E-state index contributed by atoms with van der Waals surface area (Å²) in [5.41, 5.74) is 0.184. The number of halogens is 1. The van der Waals surface area contributed by atoms with Gasteiger partial charge in [0.25, 0.3) is 0 Å². The van der Waals surface area contributed by atoms with E-state index >= 15 is 0 Å². The fourth-order valence-electron chi connectivity index (χ4n) is 3.63. The highest BCUT2D eigenvalue weighted by Gasteiger charge is 2.32. The van der Waals surface area contributed by atoms with E-state index in [1.165, 1.54) is 12.1 Å². The fourth-order valence-corrected chi connectivity index (χ4v) is 3.63. The quantitative estimate of drug-likeness (QED) is 0.790. The number of hydrogen-bond donors (Lipinski definition) is 3. The van der Waals surface area contributed by atoms with Crippen molar-refractivity contribution in [2.45, 2.75) is 49.7 Å². The van der Waals surface area contributed by atoms with Crippen LogP contribution in [0.25, 0.3) is 0 Å². The van der Waals surface area contributed by atoms with Crippen LogP contribution in [0.1, 0.15) is 43.6 Å². The van der Waals surface area contributed by atoms with E-state index in [1.807, 2.05) is 0 Å². The van der Waals surface area contributed by atoms with E-state index in [4.69, 9.17) is 4.74 Å². The standard InChI is InChI=1S/C18H25FN2O3/c19-14-6-4-13(5-7-14)15-2-1-3-16(15)21-17(22)20-12-18(23)8-10-24-11-9-18/h4-7,15-16,23H,1-3,8-12H2,(H2,20,21,22). The van der Waals surface area contributed by atoms with Gasteiger partial charge in [-0.3, -0.25) is 0 Å². The number of ether oxygens (including phenoxy) is 1. The third-order valence-corrected chi connectivity index (χ3v) is 5.13. The van der Waals surface area contributed by atoms with Gasteiger partial charge in [-0.1, -0.05) is 18.6 Å². The molecule has 1 aliphatic heterocycles. The summed E-state index contributed by atoms with van der Waals surface area (Å²) >= 11 is 0. The second-order valence-corrected chi connectivity index (χ2v) is 6.86. The molecule has 24 heavy (non-hydrogen) atoms. The summed E-state index contributed by atoms with van der Waals surface area (Å²) in [4.78, 5) is 12.2. The van der Waals surface area contributed by atoms with Gasteiger partial charge in [-0.15, -0.1) is 0 Å². The first kappa shape index (κ1) is 17.2. The number of nitrogens with one attached hydrogen (secondary N) is 2. The van der Waals surface area contributed by atoms with Crippen molar-refractivity contribution < 1.29 is 19.0 Å². The average molecular weight is 336 g/mol. The van der Waals surface area contributed by atoms with Crippen LogP contribution in [0.4, 0.5) is 9.18 Å². The van der Waals surface area contributed by atoms with Crippen LogP contribution in [0.15, 0.2) is 24.3 Å². The largest absolute Gasteiger partial charge is 0.388 e. The number of amides is 2. The van der Waals surface area contributed by atoms with Gasteiger partial charge in [0, 0.05) is 44.6 Å². The Labute approximate surface area is 141 Å². The van der Waals surface area contributed by atoms with Crippen LogP contribution in [0.5, 0.6) is 0 Å². The molecule has 0 spiro atoms. The zero-order valence-corrected chi connectivity index (χ0v) is 13.8. The molecule has 1 aromatic carbocycles. The van der Waals surface area contributed by atoms with Crippen LogP contribution in [0.2, 0.25) is 0 Å². The molecule has 2 amide bonds. The smallest absolute Gasteiger partial charge is 0.315 e. The molecule has 0 bridgehead atoms. The number of hydrogen-bond acceptors (Lipinski definition) is 3. The normalized spacial score (nSPS) is 26.1. The molecule has 5 nitrogen and oxygen atoms in total. The molecular formula is C18H25FN2O3. The van der Waals surface area contributed by atoms with Crippen LogP contribution >= 0.6 is 0 Å². The van der Waals surface area contributed by atoms with Gasteiger partial charge in [0.05, 0.1) is 5.60 Å². The second-order valence-electron chi connectivity index (χ2n) is 6.86. The first-order valence-electron chi connectivity index (χ1n) is 8.66. The van der Waals surface area contributed by atoms with Crippen molar-refractivity contribution in [2.75, 3.05) is 19.8 Å². The lowest BCUT2D eigenvalue weighted by molar-refractivity contribution is -0.0600. The molecule has 2 unspecified atom stereocenters. The van der Waals surface area contributed by atoms with Gasteiger partial charge < -0.3 is 20.5 Å². The number of benzene rings is 1. The Balaban J connectivity index is 1.52. The van der Waals surface area contributed by atoms with Crippen molar-refractivity contribution in [3.05, 3.63) is 35.6 Å². The van der Waals surface area contributed by atoms with Crippen LogP contribution in [0, 0.1) is 5.82 Å². The molecule has 132 valence electrons. The Morgan fingerprint density at radius 2 is 1.96 bits per heavy atom. The molecule has 0 radical (unpaired) electrons. The first-order chi connectivity index (χ1) is 11.6. The number of rotatable bonds is 4. The number of carbonyl (C=O) groups excluding carboxylic acids is 1. The molecule has 2 atom stereocenters. The third-order valence-electron chi connectivity index (χ3n) is 5.13. The summed E-state index contributed by atoms with van der Waals surface area (Å²) in [6.45, 7) is 1.28. The Morgan fingerprint density at radius 1 is 1.25 bits per heavy atom. The predicted octanol–water partition coefficient (Wildman–Crippen LogP) is 2.30.